The van der Waals surface area contributed by atoms with Gasteiger partial charge >= 0.3 is 18.1 Å². The first-order chi connectivity index (χ1) is 16.0. The number of carbonyl (C=O) groups excluding carboxylic acids is 3. The van der Waals surface area contributed by atoms with Crippen LogP contribution in [-0.2, 0) is 14.2 Å². The Hall–Kier alpha value is -2.36. The zero-order chi connectivity index (χ0) is 25.5. The summed E-state index contributed by atoms with van der Waals surface area (Å²) >= 11 is 12.5. The topological polar surface area (TPSA) is 106 Å². The van der Waals surface area contributed by atoms with E-state index in [1.54, 1.807) is 26.8 Å². The van der Waals surface area contributed by atoms with E-state index in [2.05, 4.69) is 15.4 Å². The molecule has 1 heterocycles. The van der Waals surface area contributed by atoms with E-state index in [1.807, 2.05) is 6.92 Å². The molecule has 1 aromatic rings. The molecule has 0 aromatic heterocycles. The van der Waals surface area contributed by atoms with Gasteiger partial charge in [0.1, 0.15) is 12.1 Å². The van der Waals surface area contributed by atoms with Gasteiger partial charge in [-0.15, -0.1) is 0 Å². The lowest BCUT2D eigenvalue weighted by Gasteiger charge is -2.26. The van der Waals surface area contributed by atoms with Gasteiger partial charge < -0.3 is 24.8 Å². The molecule has 1 aliphatic heterocycles. The molecule has 2 rings (SSSR count). The largest absolute Gasteiger partial charge is 0.453 e. The van der Waals surface area contributed by atoms with Crippen molar-refractivity contribution in [2.75, 3.05) is 33.4 Å². The Morgan fingerprint density at radius 1 is 1.12 bits per heavy atom. The Bertz CT molecular complexity index is 959. The first kappa shape index (κ1) is 27.9. The van der Waals surface area contributed by atoms with Crippen molar-refractivity contribution in [3.8, 4) is 0 Å². The molecule has 1 unspecified atom stereocenters. The number of rotatable bonds is 9. The molecule has 0 aliphatic carbocycles. The number of carbonyl (C=O) groups is 3. The maximum absolute atomic E-state index is 13.4. The number of unbranched alkanes of at least 4 members (excludes halogenated alkanes) is 1. The fourth-order valence-electron chi connectivity index (χ4n) is 3.34. The molecular weight excluding hydrogens is 485 g/mol. The highest BCUT2D eigenvalue weighted by molar-refractivity contribution is 6.42. The summed E-state index contributed by atoms with van der Waals surface area (Å²) in [5.74, 6) is -0.350. The van der Waals surface area contributed by atoms with Gasteiger partial charge in [-0.2, -0.15) is 4.58 Å². The summed E-state index contributed by atoms with van der Waals surface area (Å²) in [6, 6.07) is 3.13. The van der Waals surface area contributed by atoms with Gasteiger partial charge in [0.25, 0.3) is 0 Å². The predicted molar refractivity (Wildman–Crippen MR) is 129 cm³/mol. The second-order valence-corrected chi connectivity index (χ2v) is 9.49. The molecule has 0 fully saturated rings. The van der Waals surface area contributed by atoms with Gasteiger partial charge in [-0.3, -0.25) is 0 Å². The minimum atomic E-state index is -0.685. The summed E-state index contributed by atoms with van der Waals surface area (Å²) < 4.78 is 17.6. The van der Waals surface area contributed by atoms with Gasteiger partial charge in [0.05, 0.1) is 29.3 Å². The van der Waals surface area contributed by atoms with E-state index in [9.17, 15) is 14.4 Å². The summed E-state index contributed by atoms with van der Waals surface area (Å²) in [6.45, 7) is 7.96. The van der Waals surface area contributed by atoms with Crippen LogP contribution in [0.3, 0.4) is 0 Å². The average molecular weight is 517 g/mol. The third-order valence-corrected chi connectivity index (χ3v) is 5.61. The van der Waals surface area contributed by atoms with Crippen LogP contribution in [0.2, 0.25) is 10.0 Å². The summed E-state index contributed by atoms with van der Waals surface area (Å²) in [4.78, 5) is 37.3. The Balaban J connectivity index is 2.46. The van der Waals surface area contributed by atoms with Crippen molar-refractivity contribution in [2.45, 2.75) is 52.2 Å². The molecule has 0 bridgehead atoms. The average Bonchev–Trinajstić information content (AvgIpc) is 2.75. The zero-order valence-electron chi connectivity index (χ0n) is 20.1. The summed E-state index contributed by atoms with van der Waals surface area (Å²) in [5, 5.41) is 5.79. The fraction of sp³-hybridized carbons (Fsp3) is 0.565. The maximum atomic E-state index is 13.4. The highest BCUT2D eigenvalue weighted by atomic mass is 35.5. The number of methoxy groups -OCH3 is 1. The van der Waals surface area contributed by atoms with E-state index in [1.165, 1.54) is 17.8 Å². The Morgan fingerprint density at radius 2 is 1.79 bits per heavy atom. The molecule has 0 saturated carbocycles. The molecule has 0 radical (unpaired) electrons. The Kier molecular flexibility index (Phi) is 10.1. The van der Waals surface area contributed by atoms with Gasteiger partial charge in [0.15, 0.2) is 12.6 Å². The number of hydrogen-bond acceptors (Lipinski definition) is 6. The summed E-state index contributed by atoms with van der Waals surface area (Å²) in [6.07, 6.45) is -0.200. The van der Waals surface area contributed by atoms with Gasteiger partial charge in [0.2, 0.25) is 5.71 Å². The van der Waals surface area contributed by atoms with Crippen molar-refractivity contribution in [1.29, 1.82) is 0 Å². The quantitative estimate of drug-likeness (QED) is 0.373. The second kappa shape index (κ2) is 12.4. The highest BCUT2D eigenvalue weighted by Crippen LogP contribution is 2.34. The number of hydrogen-bond donors (Lipinski definition) is 2. The lowest BCUT2D eigenvalue weighted by Crippen LogP contribution is -2.47. The van der Waals surface area contributed by atoms with Crippen molar-refractivity contribution in [2.24, 2.45) is 0 Å². The van der Waals surface area contributed by atoms with Crippen molar-refractivity contribution >= 4 is 47.0 Å². The molecule has 1 aromatic carbocycles. The van der Waals surface area contributed by atoms with Gasteiger partial charge in [-0.05, 0) is 39.3 Å². The number of alkyl carbamates (subject to hydrolysis) is 2. The van der Waals surface area contributed by atoms with Crippen molar-refractivity contribution < 1.29 is 33.2 Å². The molecule has 0 spiro atoms. The van der Waals surface area contributed by atoms with Crippen molar-refractivity contribution in [3.63, 3.8) is 0 Å². The first-order valence-corrected chi connectivity index (χ1v) is 11.8. The highest BCUT2D eigenvalue weighted by Gasteiger charge is 2.42. The van der Waals surface area contributed by atoms with Crippen LogP contribution in [0, 0.1) is 0 Å². The molecule has 1 atom stereocenters. The van der Waals surface area contributed by atoms with Crippen LogP contribution in [0.1, 0.15) is 62.6 Å². The Morgan fingerprint density at radius 3 is 2.41 bits per heavy atom. The summed E-state index contributed by atoms with van der Waals surface area (Å²) in [5.41, 5.74) is 0.711. The standard InChI is InChI=1S/C23H31Cl2N3O6/c1-6-7-10-33-19-14-11-16(24)17(25)12-15(14)20(29)28(9-8-26-21(30)32-5)18(19)13-27-22(31)34-23(2,3)4/h11-12,19H,6-10,13H2,1-5H3,(H-,26,27,30,31)/p+1. The SMILES string of the molecule is CCCCOC1C(CNC(=O)OC(C)(C)C)=[N+](CCNC(=O)OC)C(=O)c2cc(Cl)c(Cl)cc21. The zero-order valence-corrected chi connectivity index (χ0v) is 21.6. The van der Waals surface area contributed by atoms with E-state index >= 15 is 0 Å². The number of ether oxygens (including phenoxy) is 3. The fourth-order valence-corrected chi connectivity index (χ4v) is 3.68. The van der Waals surface area contributed by atoms with Crippen molar-refractivity contribution in [3.05, 3.63) is 33.3 Å². The number of benzene rings is 1. The maximum Gasteiger partial charge on any atom is 0.420 e. The molecular formula is C23H32Cl2N3O6+. The van der Waals surface area contributed by atoms with Crippen LogP contribution in [0.4, 0.5) is 9.59 Å². The van der Waals surface area contributed by atoms with E-state index in [0.717, 1.165) is 12.8 Å². The number of nitrogens with zero attached hydrogens (tertiary/aromatic N) is 1. The van der Waals surface area contributed by atoms with Gasteiger partial charge in [-0.1, -0.05) is 36.5 Å². The molecule has 9 nitrogen and oxygen atoms in total. The van der Waals surface area contributed by atoms with Crippen molar-refractivity contribution in [1.82, 2.24) is 10.6 Å². The molecule has 3 amide bonds. The van der Waals surface area contributed by atoms with Crippen LogP contribution in [0.5, 0.6) is 0 Å². The smallest absolute Gasteiger partial charge is 0.420 e. The number of fused-ring (bicyclic) bond motifs is 1. The van der Waals surface area contributed by atoms with Crippen LogP contribution in [0.15, 0.2) is 12.1 Å². The minimum absolute atomic E-state index is 0.0185. The third-order valence-electron chi connectivity index (χ3n) is 4.89. The van der Waals surface area contributed by atoms with Crippen LogP contribution in [-0.4, -0.2) is 67.3 Å². The Labute approximate surface area is 209 Å². The molecule has 1 aliphatic rings. The van der Waals surface area contributed by atoms with E-state index in [4.69, 9.17) is 32.7 Å². The lowest BCUT2D eigenvalue weighted by molar-refractivity contribution is -0.433. The van der Waals surface area contributed by atoms with Gasteiger partial charge in [-0.25, -0.2) is 14.4 Å². The van der Waals surface area contributed by atoms with E-state index in [0.29, 0.717) is 23.4 Å². The lowest BCUT2D eigenvalue weighted by atomic mass is 9.93. The van der Waals surface area contributed by atoms with E-state index < -0.39 is 23.9 Å². The van der Waals surface area contributed by atoms with Gasteiger partial charge in [0, 0.05) is 12.2 Å². The van der Waals surface area contributed by atoms with Crippen LogP contribution >= 0.6 is 23.2 Å². The number of amides is 3. The molecule has 2 N–H and O–H groups in total. The van der Waals surface area contributed by atoms with Crippen LogP contribution < -0.4 is 10.6 Å². The predicted octanol–water partition coefficient (Wildman–Crippen LogP) is 4.34. The van der Waals surface area contributed by atoms with E-state index in [-0.39, 0.29) is 35.6 Å². The second-order valence-electron chi connectivity index (χ2n) is 8.68. The molecule has 0 saturated heterocycles. The van der Waals surface area contributed by atoms with Crippen LogP contribution in [0.25, 0.3) is 0 Å². The number of nitrogens with one attached hydrogen (secondary N) is 2. The summed E-state index contributed by atoms with van der Waals surface area (Å²) in [7, 11) is 1.25. The molecule has 11 heteroatoms. The first-order valence-electron chi connectivity index (χ1n) is 11.0. The molecule has 188 valence electrons. The number of halogens is 2. The minimum Gasteiger partial charge on any atom is -0.453 e. The molecule has 34 heavy (non-hydrogen) atoms. The normalized spacial score (nSPS) is 15.6. The monoisotopic (exact) mass is 516 g/mol. The third kappa shape index (κ3) is 7.58.